The van der Waals surface area contributed by atoms with E-state index in [1.165, 1.54) is 36.0 Å². The van der Waals surface area contributed by atoms with Crippen LogP contribution in [0.3, 0.4) is 0 Å². The molecular weight excluding hydrogens is 224 g/mol. The number of rotatable bonds is 4. The molecule has 1 aliphatic heterocycles. The minimum atomic E-state index is 0.364. The molecule has 2 nitrogen and oxygen atoms in total. The van der Waals surface area contributed by atoms with Crippen LogP contribution in [-0.2, 0) is 28.8 Å². The fourth-order valence-electron chi connectivity index (χ4n) is 3.10. The average molecular weight is 244 g/mol. The Morgan fingerprint density at radius 1 is 1.28 bits per heavy atom. The minimum Gasteiger partial charge on any atom is -0.381 e. The summed E-state index contributed by atoms with van der Waals surface area (Å²) in [5.74, 6) is 0.829. The van der Waals surface area contributed by atoms with Gasteiger partial charge in [-0.1, -0.05) is 18.2 Å². The zero-order valence-corrected chi connectivity index (χ0v) is 10.8. The van der Waals surface area contributed by atoms with Gasteiger partial charge in [0.15, 0.2) is 0 Å². The maximum absolute atomic E-state index is 12.0. The number of benzene rings is 1. The predicted octanol–water partition coefficient (Wildman–Crippen LogP) is 2.71. The third-order valence-electron chi connectivity index (χ3n) is 4.10. The SMILES string of the molecule is O=C(Cc1ccc2c(c1)CCC2)CC1CCOC1. The van der Waals surface area contributed by atoms with Gasteiger partial charge in [-0.15, -0.1) is 0 Å². The number of Topliss-reactive ketones (excluding diaryl/α,β-unsaturated/α-hetero) is 1. The number of hydrogen-bond acceptors (Lipinski definition) is 2. The molecule has 1 saturated heterocycles. The molecule has 0 N–H and O–H groups in total. The van der Waals surface area contributed by atoms with E-state index < -0.39 is 0 Å². The molecule has 1 aromatic rings. The van der Waals surface area contributed by atoms with Crippen LogP contribution in [0, 0.1) is 5.92 Å². The summed E-state index contributed by atoms with van der Waals surface area (Å²) in [6.07, 6.45) is 6.01. The molecule has 0 radical (unpaired) electrons. The highest BCUT2D eigenvalue weighted by Gasteiger charge is 2.19. The Labute approximate surface area is 108 Å². The summed E-state index contributed by atoms with van der Waals surface area (Å²) in [4.78, 5) is 12.0. The minimum absolute atomic E-state index is 0.364. The summed E-state index contributed by atoms with van der Waals surface area (Å²) in [5, 5.41) is 0. The molecule has 1 unspecified atom stereocenters. The molecule has 0 spiro atoms. The summed E-state index contributed by atoms with van der Waals surface area (Å²) in [6.45, 7) is 1.60. The normalized spacial score (nSPS) is 22.1. The van der Waals surface area contributed by atoms with Crippen LogP contribution in [0.4, 0.5) is 0 Å². The Bertz CT molecular complexity index is 444. The van der Waals surface area contributed by atoms with Crippen molar-refractivity contribution >= 4 is 5.78 Å². The number of ketones is 1. The van der Waals surface area contributed by atoms with Crippen LogP contribution in [-0.4, -0.2) is 19.0 Å². The Balaban J connectivity index is 1.60. The fraction of sp³-hybridized carbons (Fsp3) is 0.562. The average Bonchev–Trinajstić information content (AvgIpc) is 2.98. The van der Waals surface area contributed by atoms with E-state index in [9.17, 15) is 4.79 Å². The van der Waals surface area contributed by atoms with E-state index in [-0.39, 0.29) is 0 Å². The predicted molar refractivity (Wildman–Crippen MR) is 70.7 cm³/mol. The Hall–Kier alpha value is -1.15. The lowest BCUT2D eigenvalue weighted by Crippen LogP contribution is -2.10. The van der Waals surface area contributed by atoms with Crippen LogP contribution < -0.4 is 0 Å². The van der Waals surface area contributed by atoms with E-state index in [1.807, 2.05) is 0 Å². The van der Waals surface area contributed by atoms with Gasteiger partial charge in [0.1, 0.15) is 5.78 Å². The molecule has 0 bridgehead atoms. The van der Waals surface area contributed by atoms with Gasteiger partial charge in [0.25, 0.3) is 0 Å². The van der Waals surface area contributed by atoms with Crippen molar-refractivity contribution in [3.05, 3.63) is 34.9 Å². The van der Waals surface area contributed by atoms with Crippen LogP contribution in [0.2, 0.25) is 0 Å². The van der Waals surface area contributed by atoms with Gasteiger partial charge in [0.2, 0.25) is 0 Å². The van der Waals surface area contributed by atoms with E-state index in [4.69, 9.17) is 4.74 Å². The maximum Gasteiger partial charge on any atom is 0.137 e. The first kappa shape index (κ1) is 11.9. The Morgan fingerprint density at radius 2 is 2.17 bits per heavy atom. The van der Waals surface area contributed by atoms with Gasteiger partial charge >= 0.3 is 0 Å². The van der Waals surface area contributed by atoms with Gasteiger partial charge in [0, 0.05) is 26.1 Å². The van der Waals surface area contributed by atoms with E-state index >= 15 is 0 Å². The van der Waals surface area contributed by atoms with Crippen molar-refractivity contribution in [1.82, 2.24) is 0 Å². The number of aryl methyl sites for hydroxylation is 2. The molecule has 1 heterocycles. The molecule has 1 aliphatic carbocycles. The van der Waals surface area contributed by atoms with Crippen LogP contribution in [0.25, 0.3) is 0 Å². The first-order chi connectivity index (χ1) is 8.81. The van der Waals surface area contributed by atoms with E-state index in [2.05, 4.69) is 18.2 Å². The number of carbonyl (C=O) groups is 1. The van der Waals surface area contributed by atoms with Crippen LogP contribution in [0.1, 0.15) is 36.0 Å². The fourth-order valence-corrected chi connectivity index (χ4v) is 3.10. The van der Waals surface area contributed by atoms with Crippen molar-refractivity contribution in [2.75, 3.05) is 13.2 Å². The highest BCUT2D eigenvalue weighted by Crippen LogP contribution is 2.24. The molecule has 2 heteroatoms. The number of hydrogen-bond donors (Lipinski definition) is 0. The summed E-state index contributed by atoms with van der Waals surface area (Å²) < 4.78 is 5.32. The molecule has 0 amide bonds. The molecule has 18 heavy (non-hydrogen) atoms. The lowest BCUT2D eigenvalue weighted by atomic mass is 9.96. The first-order valence-electron chi connectivity index (χ1n) is 7.01. The molecule has 0 aromatic heterocycles. The number of carbonyl (C=O) groups excluding carboxylic acids is 1. The summed E-state index contributed by atoms with van der Waals surface area (Å²) in [7, 11) is 0. The van der Waals surface area contributed by atoms with E-state index in [1.54, 1.807) is 0 Å². The zero-order chi connectivity index (χ0) is 12.4. The highest BCUT2D eigenvalue weighted by atomic mass is 16.5. The van der Waals surface area contributed by atoms with Crippen molar-refractivity contribution in [3.63, 3.8) is 0 Å². The van der Waals surface area contributed by atoms with Gasteiger partial charge in [0.05, 0.1) is 0 Å². The van der Waals surface area contributed by atoms with Gasteiger partial charge in [-0.25, -0.2) is 0 Å². The molecule has 1 fully saturated rings. The topological polar surface area (TPSA) is 26.3 Å². The molecule has 3 rings (SSSR count). The first-order valence-corrected chi connectivity index (χ1v) is 7.01. The molecule has 0 saturated carbocycles. The zero-order valence-electron chi connectivity index (χ0n) is 10.8. The molecule has 96 valence electrons. The molecule has 2 aliphatic rings. The molecule has 1 aromatic carbocycles. The van der Waals surface area contributed by atoms with Crippen LogP contribution in [0.5, 0.6) is 0 Å². The monoisotopic (exact) mass is 244 g/mol. The van der Waals surface area contributed by atoms with Crippen molar-refractivity contribution < 1.29 is 9.53 Å². The van der Waals surface area contributed by atoms with Crippen LogP contribution >= 0.6 is 0 Å². The lowest BCUT2D eigenvalue weighted by Gasteiger charge is -2.07. The maximum atomic E-state index is 12.0. The second kappa shape index (κ2) is 5.23. The van der Waals surface area contributed by atoms with Crippen molar-refractivity contribution in [2.45, 2.75) is 38.5 Å². The smallest absolute Gasteiger partial charge is 0.137 e. The lowest BCUT2D eigenvalue weighted by molar-refractivity contribution is -0.119. The van der Waals surface area contributed by atoms with Gasteiger partial charge < -0.3 is 4.74 Å². The third-order valence-corrected chi connectivity index (χ3v) is 4.10. The quantitative estimate of drug-likeness (QED) is 0.814. The molecule has 1 atom stereocenters. The van der Waals surface area contributed by atoms with Crippen molar-refractivity contribution in [2.24, 2.45) is 5.92 Å². The van der Waals surface area contributed by atoms with Gasteiger partial charge in [-0.2, -0.15) is 0 Å². The van der Waals surface area contributed by atoms with Crippen molar-refractivity contribution in [1.29, 1.82) is 0 Å². The Morgan fingerprint density at radius 3 is 3.00 bits per heavy atom. The molecular formula is C16H20O2. The largest absolute Gasteiger partial charge is 0.381 e. The second-order valence-electron chi connectivity index (χ2n) is 5.61. The van der Waals surface area contributed by atoms with E-state index in [0.29, 0.717) is 24.5 Å². The van der Waals surface area contributed by atoms with Gasteiger partial charge in [-0.05, 0) is 48.3 Å². The number of fused-ring (bicyclic) bond motifs is 1. The summed E-state index contributed by atoms with van der Waals surface area (Å²) >= 11 is 0. The number of ether oxygens (including phenoxy) is 1. The van der Waals surface area contributed by atoms with Crippen molar-refractivity contribution in [3.8, 4) is 0 Å². The summed E-state index contributed by atoms with van der Waals surface area (Å²) in [6, 6.07) is 6.59. The standard InChI is InChI=1S/C16H20O2/c17-16(10-13-6-7-18-11-13)9-12-4-5-14-2-1-3-15(14)8-12/h4-5,8,13H,1-3,6-7,9-11H2. The van der Waals surface area contributed by atoms with Gasteiger partial charge in [-0.3, -0.25) is 4.79 Å². The highest BCUT2D eigenvalue weighted by molar-refractivity contribution is 5.81. The third kappa shape index (κ3) is 2.64. The van der Waals surface area contributed by atoms with Crippen LogP contribution in [0.15, 0.2) is 18.2 Å². The summed E-state index contributed by atoms with van der Waals surface area (Å²) in [5.41, 5.74) is 4.14. The Kier molecular flexibility index (Phi) is 3.46. The second-order valence-corrected chi connectivity index (χ2v) is 5.61. The van der Waals surface area contributed by atoms with E-state index in [0.717, 1.165) is 19.6 Å².